The highest BCUT2D eigenvalue weighted by Crippen LogP contribution is 2.33. The van der Waals surface area contributed by atoms with Gasteiger partial charge < -0.3 is 0 Å². The second kappa shape index (κ2) is 4.79. The molecule has 1 aromatic rings. The lowest BCUT2D eigenvalue weighted by Gasteiger charge is -2.23. The highest BCUT2D eigenvalue weighted by Gasteiger charge is 2.45. The van der Waals surface area contributed by atoms with E-state index in [0.29, 0.717) is 6.42 Å². The van der Waals surface area contributed by atoms with Crippen molar-refractivity contribution in [2.24, 2.45) is 0 Å². The topological polar surface area (TPSA) is 107 Å². The van der Waals surface area contributed by atoms with E-state index in [-0.39, 0.29) is 28.8 Å². The van der Waals surface area contributed by atoms with Crippen molar-refractivity contribution in [3.63, 3.8) is 0 Å². The van der Waals surface area contributed by atoms with Gasteiger partial charge in [0.2, 0.25) is 11.8 Å². The SMILES string of the molecule is N#Cc1scc2c1C(=O)N([C@H]1CCCC(=O)NC1=O)C2=O. The molecule has 21 heavy (non-hydrogen) atoms. The molecule has 4 amide bonds. The highest BCUT2D eigenvalue weighted by atomic mass is 32.1. The predicted molar refractivity (Wildman–Crippen MR) is 70.3 cm³/mol. The van der Waals surface area contributed by atoms with Gasteiger partial charge in [0.05, 0.1) is 11.1 Å². The summed E-state index contributed by atoms with van der Waals surface area (Å²) in [6.07, 6.45) is 0.838. The summed E-state index contributed by atoms with van der Waals surface area (Å²) in [5.41, 5.74) is 0.223. The van der Waals surface area contributed by atoms with Gasteiger partial charge in [-0.3, -0.25) is 29.4 Å². The van der Waals surface area contributed by atoms with E-state index in [9.17, 15) is 19.2 Å². The minimum absolute atomic E-state index is 0.0656. The fourth-order valence-corrected chi connectivity index (χ4v) is 3.37. The molecular weight excluding hydrogens is 294 g/mol. The van der Waals surface area contributed by atoms with Crippen LogP contribution in [0.1, 0.15) is 44.9 Å². The monoisotopic (exact) mass is 303 g/mol. The molecule has 0 aromatic carbocycles. The Morgan fingerprint density at radius 2 is 2.05 bits per heavy atom. The minimum atomic E-state index is -1.000. The van der Waals surface area contributed by atoms with Crippen molar-refractivity contribution in [1.82, 2.24) is 10.2 Å². The van der Waals surface area contributed by atoms with Gasteiger partial charge in [0.1, 0.15) is 17.0 Å². The fraction of sp³-hybridized carbons (Fsp3) is 0.308. The molecule has 0 saturated carbocycles. The van der Waals surface area contributed by atoms with Crippen LogP contribution in [0.3, 0.4) is 0 Å². The first kappa shape index (κ1) is 13.5. The Kier molecular flexibility index (Phi) is 3.07. The summed E-state index contributed by atoms with van der Waals surface area (Å²) in [4.78, 5) is 49.0. The van der Waals surface area contributed by atoms with E-state index in [4.69, 9.17) is 5.26 Å². The summed E-state index contributed by atoms with van der Waals surface area (Å²) < 4.78 is 0. The molecule has 1 fully saturated rings. The second-order valence-electron chi connectivity index (χ2n) is 4.77. The number of carbonyl (C=O) groups excluding carboxylic acids is 4. The second-order valence-corrected chi connectivity index (χ2v) is 5.65. The maximum atomic E-state index is 12.4. The lowest BCUT2D eigenvalue weighted by molar-refractivity contribution is -0.131. The third-order valence-electron chi connectivity index (χ3n) is 3.53. The number of nitrogens with one attached hydrogen (secondary N) is 1. The van der Waals surface area contributed by atoms with Gasteiger partial charge in [-0.05, 0) is 12.8 Å². The van der Waals surface area contributed by atoms with Crippen LogP contribution >= 0.6 is 11.3 Å². The molecule has 2 aliphatic rings. The molecule has 2 aliphatic heterocycles. The van der Waals surface area contributed by atoms with Crippen LogP contribution in [-0.2, 0) is 9.59 Å². The van der Waals surface area contributed by atoms with Crippen LogP contribution in [0.25, 0.3) is 0 Å². The van der Waals surface area contributed by atoms with E-state index in [0.717, 1.165) is 16.2 Å². The Morgan fingerprint density at radius 3 is 2.76 bits per heavy atom. The van der Waals surface area contributed by atoms with Gasteiger partial charge in [-0.15, -0.1) is 11.3 Å². The van der Waals surface area contributed by atoms with Crippen molar-refractivity contribution in [2.45, 2.75) is 25.3 Å². The van der Waals surface area contributed by atoms with E-state index in [1.165, 1.54) is 5.38 Å². The average Bonchev–Trinajstić information content (AvgIpc) is 2.92. The number of hydrogen-bond donors (Lipinski definition) is 1. The molecule has 1 atom stereocenters. The van der Waals surface area contributed by atoms with Gasteiger partial charge in [-0.25, -0.2) is 0 Å². The van der Waals surface area contributed by atoms with E-state index in [1.807, 2.05) is 6.07 Å². The summed E-state index contributed by atoms with van der Waals surface area (Å²) in [6.45, 7) is 0. The summed E-state index contributed by atoms with van der Waals surface area (Å²) in [7, 11) is 0. The Hall–Kier alpha value is -2.53. The van der Waals surface area contributed by atoms with E-state index in [1.54, 1.807) is 0 Å². The number of nitrogens with zero attached hydrogens (tertiary/aromatic N) is 2. The molecule has 1 saturated heterocycles. The van der Waals surface area contributed by atoms with Crippen LogP contribution in [0.2, 0.25) is 0 Å². The summed E-state index contributed by atoms with van der Waals surface area (Å²) >= 11 is 1.03. The van der Waals surface area contributed by atoms with Gasteiger partial charge in [-0.2, -0.15) is 5.26 Å². The molecule has 1 N–H and O–H groups in total. The van der Waals surface area contributed by atoms with Crippen LogP contribution in [-0.4, -0.2) is 34.6 Å². The van der Waals surface area contributed by atoms with Gasteiger partial charge in [0.25, 0.3) is 11.8 Å². The molecular formula is C13H9N3O4S. The van der Waals surface area contributed by atoms with Crippen molar-refractivity contribution in [3.8, 4) is 6.07 Å². The normalized spacial score (nSPS) is 21.9. The number of rotatable bonds is 1. The molecule has 0 radical (unpaired) electrons. The standard InChI is InChI=1S/C13H9N3O4S/c14-4-8-10-6(5-21-8)12(19)16(13(10)20)7-2-1-3-9(17)15-11(7)18/h5,7H,1-3H2,(H,15,17,18)/t7-/m0/s1. The van der Waals surface area contributed by atoms with Gasteiger partial charge in [0.15, 0.2) is 0 Å². The van der Waals surface area contributed by atoms with Crippen LogP contribution in [0.15, 0.2) is 5.38 Å². The Labute approximate surface area is 123 Å². The lowest BCUT2D eigenvalue weighted by atomic mass is 10.1. The highest BCUT2D eigenvalue weighted by molar-refractivity contribution is 7.11. The van der Waals surface area contributed by atoms with Crippen LogP contribution in [0.4, 0.5) is 0 Å². The van der Waals surface area contributed by atoms with Crippen molar-refractivity contribution < 1.29 is 19.2 Å². The van der Waals surface area contributed by atoms with Crippen molar-refractivity contribution in [3.05, 3.63) is 21.4 Å². The molecule has 1 aromatic heterocycles. The number of fused-ring (bicyclic) bond motifs is 1. The number of amides is 4. The first-order valence-corrected chi connectivity index (χ1v) is 7.15. The zero-order valence-corrected chi connectivity index (χ0v) is 11.5. The van der Waals surface area contributed by atoms with E-state index >= 15 is 0 Å². The molecule has 106 valence electrons. The zero-order valence-electron chi connectivity index (χ0n) is 10.7. The zero-order chi connectivity index (χ0) is 15.1. The smallest absolute Gasteiger partial charge is 0.264 e. The predicted octanol–water partition coefficient (Wildman–Crippen LogP) is 0.411. The summed E-state index contributed by atoms with van der Waals surface area (Å²) in [6, 6.07) is 0.877. The molecule has 3 rings (SSSR count). The maximum Gasteiger partial charge on any atom is 0.264 e. The third kappa shape index (κ3) is 1.94. The van der Waals surface area contributed by atoms with Gasteiger partial charge in [-0.1, -0.05) is 0 Å². The van der Waals surface area contributed by atoms with E-state index < -0.39 is 29.7 Å². The Morgan fingerprint density at radius 1 is 1.29 bits per heavy atom. The fourth-order valence-electron chi connectivity index (χ4n) is 2.55. The van der Waals surface area contributed by atoms with Crippen LogP contribution in [0.5, 0.6) is 0 Å². The maximum absolute atomic E-state index is 12.4. The minimum Gasteiger partial charge on any atom is -0.295 e. The Bertz CT molecular complexity index is 730. The molecule has 0 aliphatic carbocycles. The molecule has 0 bridgehead atoms. The third-order valence-corrected chi connectivity index (χ3v) is 4.42. The Balaban J connectivity index is 1.98. The number of imide groups is 2. The lowest BCUT2D eigenvalue weighted by Crippen LogP contribution is -2.49. The van der Waals surface area contributed by atoms with Gasteiger partial charge in [0, 0.05) is 11.8 Å². The first-order valence-electron chi connectivity index (χ1n) is 6.27. The van der Waals surface area contributed by atoms with Gasteiger partial charge >= 0.3 is 0 Å². The number of carbonyl (C=O) groups is 4. The van der Waals surface area contributed by atoms with Crippen LogP contribution < -0.4 is 5.32 Å². The van der Waals surface area contributed by atoms with Crippen molar-refractivity contribution in [2.75, 3.05) is 0 Å². The summed E-state index contributed by atoms with van der Waals surface area (Å²) in [5, 5.41) is 12.6. The largest absolute Gasteiger partial charge is 0.295 e. The molecule has 3 heterocycles. The van der Waals surface area contributed by atoms with E-state index in [2.05, 4.69) is 5.32 Å². The molecule has 7 nitrogen and oxygen atoms in total. The van der Waals surface area contributed by atoms with Crippen LogP contribution in [0, 0.1) is 11.3 Å². The molecule has 0 spiro atoms. The summed E-state index contributed by atoms with van der Waals surface area (Å²) in [5.74, 6) is -2.27. The quantitative estimate of drug-likeness (QED) is 0.756. The molecule has 8 heteroatoms. The van der Waals surface area contributed by atoms with Crippen molar-refractivity contribution in [1.29, 1.82) is 5.26 Å². The van der Waals surface area contributed by atoms with Crippen molar-refractivity contribution >= 4 is 35.0 Å². The average molecular weight is 303 g/mol. The first-order chi connectivity index (χ1) is 10.0. The number of nitriles is 1. The number of hydrogen-bond acceptors (Lipinski definition) is 6. The number of thiophene rings is 1. The molecule has 0 unspecified atom stereocenters.